The molecule has 3 rings (SSSR count). The highest BCUT2D eigenvalue weighted by atomic mass is 35.5. The molecule has 0 bridgehead atoms. The first-order chi connectivity index (χ1) is 12.6. The molecule has 160 valence electrons. The standard InChI is InChI=1S/C19H28ClN3O3.2ClH/c20-16-3-1-2-4-17(16)26-14-11-22-7-9-23(10-8-22)19(24)18(21)15-5-12-25-13-6-15;;/h1-4,15,18H,5-14,21H2;2*1H. The van der Waals surface area contributed by atoms with E-state index in [2.05, 4.69) is 4.90 Å². The Bertz CT molecular complexity index is 595. The van der Waals surface area contributed by atoms with E-state index in [4.69, 9.17) is 26.8 Å². The Balaban J connectivity index is 0.00000196. The van der Waals surface area contributed by atoms with E-state index in [1.807, 2.05) is 29.2 Å². The molecule has 2 saturated heterocycles. The average molecular weight is 455 g/mol. The summed E-state index contributed by atoms with van der Waals surface area (Å²) >= 11 is 6.09. The molecule has 2 fully saturated rings. The van der Waals surface area contributed by atoms with Crippen LogP contribution < -0.4 is 10.5 Å². The molecule has 1 amide bonds. The van der Waals surface area contributed by atoms with Crippen molar-refractivity contribution in [3.8, 4) is 5.75 Å². The number of para-hydroxylation sites is 1. The van der Waals surface area contributed by atoms with Gasteiger partial charge in [-0.2, -0.15) is 0 Å². The summed E-state index contributed by atoms with van der Waals surface area (Å²) in [6.45, 7) is 5.97. The van der Waals surface area contributed by atoms with Crippen LogP contribution in [0.3, 0.4) is 0 Å². The first-order valence-electron chi connectivity index (χ1n) is 9.37. The number of nitrogens with two attached hydrogens (primary N) is 1. The molecule has 0 spiro atoms. The normalized spacial score (nSPS) is 19.3. The molecule has 1 aromatic carbocycles. The second-order valence-electron chi connectivity index (χ2n) is 6.92. The van der Waals surface area contributed by atoms with Gasteiger partial charge >= 0.3 is 0 Å². The maximum absolute atomic E-state index is 12.6. The Morgan fingerprint density at radius 3 is 2.46 bits per heavy atom. The van der Waals surface area contributed by atoms with E-state index < -0.39 is 6.04 Å². The van der Waals surface area contributed by atoms with Crippen molar-refractivity contribution < 1.29 is 14.3 Å². The fourth-order valence-electron chi connectivity index (χ4n) is 3.53. The van der Waals surface area contributed by atoms with Crippen LogP contribution in [0.1, 0.15) is 12.8 Å². The maximum atomic E-state index is 12.6. The summed E-state index contributed by atoms with van der Waals surface area (Å²) < 4.78 is 11.1. The number of benzene rings is 1. The second-order valence-corrected chi connectivity index (χ2v) is 7.33. The van der Waals surface area contributed by atoms with E-state index in [0.29, 0.717) is 30.6 Å². The van der Waals surface area contributed by atoms with Gasteiger partial charge in [-0.3, -0.25) is 9.69 Å². The first-order valence-corrected chi connectivity index (χ1v) is 9.75. The maximum Gasteiger partial charge on any atom is 0.239 e. The topological polar surface area (TPSA) is 68.0 Å². The van der Waals surface area contributed by atoms with Crippen molar-refractivity contribution in [2.24, 2.45) is 11.7 Å². The fraction of sp³-hybridized carbons (Fsp3) is 0.632. The van der Waals surface area contributed by atoms with Crippen molar-refractivity contribution in [1.82, 2.24) is 9.80 Å². The highest BCUT2D eigenvalue weighted by molar-refractivity contribution is 6.32. The van der Waals surface area contributed by atoms with Gasteiger partial charge in [0, 0.05) is 45.9 Å². The van der Waals surface area contributed by atoms with Gasteiger partial charge in [-0.05, 0) is 30.9 Å². The third kappa shape index (κ3) is 6.94. The number of nitrogens with zero attached hydrogens (tertiary/aromatic N) is 2. The number of hydrogen-bond acceptors (Lipinski definition) is 5. The third-order valence-corrected chi connectivity index (χ3v) is 5.56. The summed E-state index contributed by atoms with van der Waals surface area (Å²) in [4.78, 5) is 16.9. The number of rotatable bonds is 6. The smallest absolute Gasteiger partial charge is 0.239 e. The second kappa shape index (κ2) is 12.7. The number of piperazine rings is 1. The van der Waals surface area contributed by atoms with E-state index in [-0.39, 0.29) is 36.6 Å². The van der Waals surface area contributed by atoms with Gasteiger partial charge in [-0.25, -0.2) is 0 Å². The van der Waals surface area contributed by atoms with Gasteiger partial charge in [0.2, 0.25) is 5.91 Å². The molecule has 0 aromatic heterocycles. The molecule has 1 atom stereocenters. The zero-order valence-corrected chi connectivity index (χ0v) is 18.3. The van der Waals surface area contributed by atoms with E-state index in [9.17, 15) is 4.79 Å². The monoisotopic (exact) mass is 453 g/mol. The van der Waals surface area contributed by atoms with Gasteiger partial charge in [0.25, 0.3) is 0 Å². The van der Waals surface area contributed by atoms with Crippen molar-refractivity contribution in [1.29, 1.82) is 0 Å². The first kappa shape index (κ1) is 25.3. The van der Waals surface area contributed by atoms with Crippen LogP contribution in [0.15, 0.2) is 24.3 Å². The molecular weight excluding hydrogens is 425 g/mol. The van der Waals surface area contributed by atoms with Crippen molar-refractivity contribution in [2.75, 3.05) is 52.5 Å². The largest absolute Gasteiger partial charge is 0.491 e. The summed E-state index contributed by atoms with van der Waals surface area (Å²) in [7, 11) is 0. The Hall–Kier alpha value is -0.760. The summed E-state index contributed by atoms with van der Waals surface area (Å²) in [6, 6.07) is 7.09. The Kier molecular flexibility index (Phi) is 11.5. The van der Waals surface area contributed by atoms with Gasteiger partial charge in [-0.15, -0.1) is 24.8 Å². The highest BCUT2D eigenvalue weighted by Crippen LogP contribution is 2.23. The summed E-state index contributed by atoms with van der Waals surface area (Å²) in [5.74, 6) is 1.05. The lowest BCUT2D eigenvalue weighted by atomic mass is 9.91. The molecular formula is C19H30Cl3N3O3. The number of amides is 1. The van der Waals surface area contributed by atoms with Crippen molar-refractivity contribution in [3.05, 3.63) is 29.3 Å². The molecule has 28 heavy (non-hydrogen) atoms. The van der Waals surface area contributed by atoms with Crippen LogP contribution in [0.4, 0.5) is 0 Å². The molecule has 0 aliphatic carbocycles. The van der Waals surface area contributed by atoms with Crippen molar-refractivity contribution >= 4 is 42.3 Å². The number of carbonyl (C=O) groups excluding carboxylic acids is 1. The number of hydrogen-bond donors (Lipinski definition) is 1. The van der Waals surface area contributed by atoms with Crippen LogP contribution >= 0.6 is 36.4 Å². The lowest BCUT2D eigenvalue weighted by Crippen LogP contribution is -2.55. The van der Waals surface area contributed by atoms with Gasteiger partial charge < -0.3 is 20.1 Å². The Morgan fingerprint density at radius 2 is 1.82 bits per heavy atom. The van der Waals surface area contributed by atoms with Crippen LogP contribution in [-0.4, -0.2) is 74.3 Å². The minimum absolute atomic E-state index is 0. The van der Waals surface area contributed by atoms with E-state index in [1.165, 1.54) is 0 Å². The van der Waals surface area contributed by atoms with Gasteiger partial charge in [0.1, 0.15) is 12.4 Å². The molecule has 1 aromatic rings. The fourth-order valence-corrected chi connectivity index (χ4v) is 3.72. The van der Waals surface area contributed by atoms with E-state index in [1.54, 1.807) is 0 Å². The number of carbonyl (C=O) groups is 1. The Morgan fingerprint density at radius 1 is 1.18 bits per heavy atom. The summed E-state index contributed by atoms with van der Waals surface area (Å²) in [5.41, 5.74) is 6.22. The lowest BCUT2D eigenvalue weighted by Gasteiger charge is -2.37. The molecule has 0 radical (unpaired) electrons. The zero-order chi connectivity index (χ0) is 18.4. The highest BCUT2D eigenvalue weighted by Gasteiger charge is 2.31. The predicted molar refractivity (Wildman–Crippen MR) is 116 cm³/mol. The van der Waals surface area contributed by atoms with Crippen LogP contribution in [0, 0.1) is 5.92 Å². The quantitative estimate of drug-likeness (QED) is 0.715. The molecule has 0 saturated carbocycles. The molecule has 6 nitrogen and oxygen atoms in total. The Labute approximate surface area is 184 Å². The van der Waals surface area contributed by atoms with Crippen LogP contribution in [0.25, 0.3) is 0 Å². The van der Waals surface area contributed by atoms with Gasteiger partial charge in [-0.1, -0.05) is 23.7 Å². The molecule has 2 N–H and O–H groups in total. The zero-order valence-electron chi connectivity index (χ0n) is 15.9. The van der Waals surface area contributed by atoms with Gasteiger partial charge in [0.15, 0.2) is 0 Å². The van der Waals surface area contributed by atoms with E-state index in [0.717, 1.165) is 45.6 Å². The van der Waals surface area contributed by atoms with Crippen LogP contribution in [0.2, 0.25) is 5.02 Å². The van der Waals surface area contributed by atoms with E-state index >= 15 is 0 Å². The van der Waals surface area contributed by atoms with Crippen molar-refractivity contribution in [3.63, 3.8) is 0 Å². The summed E-state index contributed by atoms with van der Waals surface area (Å²) in [6.07, 6.45) is 1.76. The third-order valence-electron chi connectivity index (χ3n) is 5.24. The van der Waals surface area contributed by atoms with Gasteiger partial charge in [0.05, 0.1) is 11.1 Å². The minimum Gasteiger partial charge on any atom is -0.491 e. The minimum atomic E-state index is -0.394. The SMILES string of the molecule is Cl.Cl.NC(C(=O)N1CCN(CCOc2ccccc2Cl)CC1)C1CCOCC1. The van der Waals surface area contributed by atoms with Crippen LogP contribution in [-0.2, 0) is 9.53 Å². The predicted octanol–water partition coefficient (Wildman–Crippen LogP) is 2.46. The molecule has 9 heteroatoms. The molecule has 2 heterocycles. The summed E-state index contributed by atoms with van der Waals surface area (Å²) in [5, 5.41) is 0.630. The van der Waals surface area contributed by atoms with Crippen molar-refractivity contribution in [2.45, 2.75) is 18.9 Å². The van der Waals surface area contributed by atoms with Crippen LogP contribution in [0.5, 0.6) is 5.75 Å². The number of halogens is 3. The molecule has 2 aliphatic rings. The number of ether oxygens (including phenoxy) is 2. The molecule has 2 aliphatic heterocycles. The molecule has 1 unspecified atom stereocenters. The average Bonchev–Trinajstić information content (AvgIpc) is 2.69. The lowest BCUT2D eigenvalue weighted by molar-refractivity contribution is -0.136.